The van der Waals surface area contributed by atoms with Crippen molar-refractivity contribution in [2.24, 2.45) is 0 Å². The first-order chi connectivity index (χ1) is 7.92. The maximum Gasteiger partial charge on any atom is 0.0579 e. The number of benzene rings is 1. The summed E-state index contributed by atoms with van der Waals surface area (Å²) in [5.41, 5.74) is 5.78. The van der Waals surface area contributed by atoms with Crippen LogP contribution in [0, 0.1) is 0 Å². The van der Waals surface area contributed by atoms with Gasteiger partial charge >= 0.3 is 0 Å². The van der Waals surface area contributed by atoms with Gasteiger partial charge in [0.05, 0.1) is 11.4 Å². The molecule has 0 amide bonds. The van der Waals surface area contributed by atoms with Crippen molar-refractivity contribution in [3.8, 4) is 0 Å². The van der Waals surface area contributed by atoms with Crippen molar-refractivity contribution in [1.82, 2.24) is 5.32 Å². The van der Waals surface area contributed by atoms with Gasteiger partial charge in [0.1, 0.15) is 0 Å². The lowest BCUT2D eigenvalue weighted by molar-refractivity contribution is 0.454. The lowest BCUT2D eigenvalue weighted by Gasteiger charge is -2.22. The largest absolute Gasteiger partial charge is 0.382 e. The number of nitrogens with one attached hydrogen (secondary N) is 3. The van der Waals surface area contributed by atoms with E-state index in [2.05, 4.69) is 28.1 Å². The van der Waals surface area contributed by atoms with Gasteiger partial charge in [-0.25, -0.2) is 0 Å². The molecule has 0 spiro atoms. The van der Waals surface area contributed by atoms with Gasteiger partial charge in [0.2, 0.25) is 0 Å². The molecule has 1 fully saturated rings. The van der Waals surface area contributed by atoms with Crippen molar-refractivity contribution >= 4 is 11.4 Å². The molecule has 0 radical (unpaired) electrons. The summed E-state index contributed by atoms with van der Waals surface area (Å²) in [4.78, 5) is 0. The summed E-state index contributed by atoms with van der Waals surface area (Å²) in [6.45, 7) is 4.40. The molecule has 3 nitrogen and oxygen atoms in total. The van der Waals surface area contributed by atoms with Gasteiger partial charge in [0, 0.05) is 26.2 Å². The number of piperidine rings is 1. The summed E-state index contributed by atoms with van der Waals surface area (Å²) >= 11 is 0. The maximum atomic E-state index is 3.54. The fourth-order valence-electron chi connectivity index (χ4n) is 3.44. The topological polar surface area (TPSA) is 36.1 Å². The van der Waals surface area contributed by atoms with E-state index >= 15 is 0 Å². The molecular formula is C13H17N3. The normalized spacial score (nSPS) is 30.0. The van der Waals surface area contributed by atoms with Crippen LogP contribution < -0.4 is 16.0 Å². The van der Waals surface area contributed by atoms with E-state index < -0.39 is 0 Å². The van der Waals surface area contributed by atoms with Crippen LogP contribution in [0.3, 0.4) is 0 Å². The Morgan fingerprint density at radius 2 is 1.44 bits per heavy atom. The lowest BCUT2D eigenvalue weighted by Crippen LogP contribution is -2.28. The van der Waals surface area contributed by atoms with E-state index in [1.165, 1.54) is 17.8 Å². The standard InChI is InChI=1S/C13H17N3/c1-2-16-13-5-11-9-3-8(6-14-7-9)10(11)4-12(13)15-1/h4-5,8-9,14-16H,1-3,6-7H2/t8-,9+. The highest BCUT2D eigenvalue weighted by Gasteiger charge is 2.35. The molecule has 3 aliphatic rings. The molecule has 0 unspecified atom stereocenters. The molecule has 16 heavy (non-hydrogen) atoms. The fraction of sp³-hybridized carbons (Fsp3) is 0.538. The predicted molar refractivity (Wildman–Crippen MR) is 66.4 cm³/mol. The molecule has 2 atom stereocenters. The zero-order valence-electron chi connectivity index (χ0n) is 9.34. The maximum absolute atomic E-state index is 3.54. The van der Waals surface area contributed by atoms with E-state index in [-0.39, 0.29) is 0 Å². The van der Waals surface area contributed by atoms with Crippen LogP contribution in [-0.4, -0.2) is 26.2 Å². The van der Waals surface area contributed by atoms with Crippen molar-refractivity contribution in [1.29, 1.82) is 0 Å². The van der Waals surface area contributed by atoms with Crippen LogP contribution in [0.25, 0.3) is 0 Å². The van der Waals surface area contributed by atoms with Crippen LogP contribution in [0.4, 0.5) is 11.4 Å². The number of fused-ring (bicyclic) bond motifs is 6. The molecule has 2 heterocycles. The van der Waals surface area contributed by atoms with E-state index in [1.807, 2.05) is 0 Å². The molecule has 2 aliphatic heterocycles. The van der Waals surface area contributed by atoms with Gasteiger partial charge < -0.3 is 16.0 Å². The Morgan fingerprint density at radius 1 is 0.875 bits per heavy atom. The third-order valence-electron chi connectivity index (χ3n) is 4.21. The van der Waals surface area contributed by atoms with Gasteiger partial charge in [-0.3, -0.25) is 0 Å². The van der Waals surface area contributed by atoms with Crippen LogP contribution >= 0.6 is 0 Å². The lowest BCUT2D eigenvalue weighted by atomic mass is 9.98. The predicted octanol–water partition coefficient (Wildman–Crippen LogP) is 1.70. The van der Waals surface area contributed by atoms with Crippen LogP contribution in [0.15, 0.2) is 12.1 Å². The highest BCUT2D eigenvalue weighted by atomic mass is 15.0. The molecule has 1 aromatic carbocycles. The minimum Gasteiger partial charge on any atom is -0.382 e. The molecule has 0 saturated carbocycles. The van der Waals surface area contributed by atoms with Gasteiger partial charge in [0.25, 0.3) is 0 Å². The zero-order chi connectivity index (χ0) is 10.5. The molecule has 0 aromatic heterocycles. The Kier molecular flexibility index (Phi) is 1.74. The second-order valence-electron chi connectivity index (χ2n) is 5.17. The van der Waals surface area contributed by atoms with Crippen molar-refractivity contribution in [2.45, 2.75) is 18.3 Å². The molecule has 1 saturated heterocycles. The SMILES string of the molecule is c1c2c(cc3c1[C@@H]1CNC[C@H]3C1)NCCN2. The average Bonchev–Trinajstić information content (AvgIpc) is 2.59. The molecule has 1 aromatic rings. The molecule has 2 bridgehead atoms. The average molecular weight is 215 g/mol. The molecule has 84 valence electrons. The summed E-state index contributed by atoms with van der Waals surface area (Å²) in [5.74, 6) is 1.51. The van der Waals surface area contributed by atoms with Gasteiger partial charge in [-0.15, -0.1) is 0 Å². The molecule has 1 aliphatic carbocycles. The van der Waals surface area contributed by atoms with E-state index in [4.69, 9.17) is 0 Å². The summed E-state index contributed by atoms with van der Waals surface area (Å²) in [5, 5.41) is 10.5. The smallest absolute Gasteiger partial charge is 0.0579 e. The Morgan fingerprint density at radius 3 is 2.00 bits per heavy atom. The first-order valence-electron chi connectivity index (χ1n) is 6.28. The van der Waals surface area contributed by atoms with Crippen LogP contribution in [0.5, 0.6) is 0 Å². The van der Waals surface area contributed by atoms with Crippen molar-refractivity contribution < 1.29 is 0 Å². The van der Waals surface area contributed by atoms with E-state index in [1.54, 1.807) is 11.1 Å². The van der Waals surface area contributed by atoms with Crippen LogP contribution in [0.2, 0.25) is 0 Å². The summed E-state index contributed by atoms with van der Waals surface area (Å²) in [6, 6.07) is 4.77. The molecule has 4 rings (SSSR count). The Balaban J connectivity index is 1.87. The van der Waals surface area contributed by atoms with E-state index in [9.17, 15) is 0 Å². The first kappa shape index (κ1) is 8.88. The second kappa shape index (κ2) is 3.14. The summed E-state index contributed by atoms with van der Waals surface area (Å²) in [6.07, 6.45) is 1.35. The summed E-state index contributed by atoms with van der Waals surface area (Å²) < 4.78 is 0. The summed E-state index contributed by atoms with van der Waals surface area (Å²) in [7, 11) is 0. The Bertz CT molecular complexity index is 402. The third-order valence-corrected chi connectivity index (χ3v) is 4.21. The molecule has 3 heteroatoms. The van der Waals surface area contributed by atoms with Crippen LogP contribution in [0.1, 0.15) is 29.4 Å². The van der Waals surface area contributed by atoms with E-state index in [0.29, 0.717) is 0 Å². The first-order valence-corrected chi connectivity index (χ1v) is 6.28. The van der Waals surface area contributed by atoms with Gasteiger partial charge in [0.15, 0.2) is 0 Å². The van der Waals surface area contributed by atoms with Gasteiger partial charge in [-0.1, -0.05) is 0 Å². The Hall–Kier alpha value is -1.22. The fourth-order valence-corrected chi connectivity index (χ4v) is 3.44. The van der Waals surface area contributed by atoms with Gasteiger partial charge in [-0.05, 0) is 41.5 Å². The number of rotatable bonds is 0. The van der Waals surface area contributed by atoms with Gasteiger partial charge in [-0.2, -0.15) is 0 Å². The molecular weight excluding hydrogens is 198 g/mol. The minimum atomic E-state index is 0.753. The van der Waals surface area contributed by atoms with Crippen molar-refractivity contribution in [2.75, 3.05) is 36.8 Å². The number of anilines is 2. The monoisotopic (exact) mass is 215 g/mol. The van der Waals surface area contributed by atoms with E-state index in [0.717, 1.165) is 38.0 Å². The highest BCUT2D eigenvalue weighted by Crippen LogP contribution is 2.46. The third kappa shape index (κ3) is 1.12. The van der Waals surface area contributed by atoms with Crippen molar-refractivity contribution in [3.63, 3.8) is 0 Å². The van der Waals surface area contributed by atoms with Crippen molar-refractivity contribution in [3.05, 3.63) is 23.3 Å². The Labute approximate surface area is 95.6 Å². The number of hydrogen-bond acceptors (Lipinski definition) is 3. The molecule has 3 N–H and O–H groups in total. The quantitative estimate of drug-likeness (QED) is 0.616. The minimum absolute atomic E-state index is 0.753. The van der Waals surface area contributed by atoms with Crippen LogP contribution in [-0.2, 0) is 0 Å². The zero-order valence-corrected chi connectivity index (χ0v) is 9.34. The number of hydrogen-bond donors (Lipinski definition) is 3. The second-order valence-corrected chi connectivity index (χ2v) is 5.17. The highest BCUT2D eigenvalue weighted by molar-refractivity contribution is 5.74.